The van der Waals surface area contributed by atoms with E-state index >= 15 is 0 Å². The van der Waals surface area contributed by atoms with Crippen LogP contribution in [-0.2, 0) is 16.8 Å². The minimum Gasteiger partial charge on any atom is -0.370 e. The molecule has 2 rings (SSSR count). The minimum atomic E-state index is -0.262. The summed E-state index contributed by atoms with van der Waals surface area (Å²) in [5.74, 6) is 1.81. The Morgan fingerprint density at radius 2 is 1.90 bits per heavy atom. The quantitative estimate of drug-likeness (QED) is 0.862. The van der Waals surface area contributed by atoms with Crippen molar-refractivity contribution in [2.75, 3.05) is 18.5 Å². The third-order valence-electron chi connectivity index (χ3n) is 3.99. The van der Waals surface area contributed by atoms with E-state index in [0.717, 1.165) is 49.8 Å². The van der Waals surface area contributed by atoms with Gasteiger partial charge in [0.2, 0.25) is 0 Å². The molecule has 1 aromatic heterocycles. The van der Waals surface area contributed by atoms with Crippen LogP contribution in [0.15, 0.2) is 6.07 Å². The molecular weight excluding hydrogens is 250 g/mol. The zero-order valence-electron chi connectivity index (χ0n) is 13.0. The Hall–Kier alpha value is -1.16. The summed E-state index contributed by atoms with van der Waals surface area (Å²) in [5.41, 5.74) is 0.832. The molecule has 0 aromatic carbocycles. The molecular formula is C16H27N3O. The highest BCUT2D eigenvalue weighted by Gasteiger charge is 2.37. The number of nitrogens with zero attached hydrogens (tertiary/aromatic N) is 2. The van der Waals surface area contributed by atoms with Crippen LogP contribution in [0, 0.1) is 0 Å². The molecule has 1 N–H and O–H groups in total. The number of rotatable bonds is 6. The summed E-state index contributed by atoms with van der Waals surface area (Å²) in [6.45, 7) is 7.88. The number of nitrogens with one attached hydrogen (secondary N) is 1. The maximum Gasteiger partial charge on any atom is 0.162 e. The van der Waals surface area contributed by atoms with Crippen molar-refractivity contribution < 1.29 is 4.74 Å². The van der Waals surface area contributed by atoms with Crippen LogP contribution in [0.4, 0.5) is 5.82 Å². The predicted octanol–water partition coefficient (Wildman–Crippen LogP) is 3.67. The van der Waals surface area contributed by atoms with E-state index in [9.17, 15) is 0 Å². The Labute approximate surface area is 122 Å². The van der Waals surface area contributed by atoms with Gasteiger partial charge in [-0.2, -0.15) is 0 Å². The highest BCUT2D eigenvalue weighted by molar-refractivity contribution is 5.37. The molecule has 1 fully saturated rings. The first-order valence-corrected chi connectivity index (χ1v) is 8.00. The van der Waals surface area contributed by atoms with Crippen LogP contribution in [-0.4, -0.2) is 23.1 Å². The molecule has 112 valence electrons. The van der Waals surface area contributed by atoms with Gasteiger partial charge in [-0.05, 0) is 33.1 Å². The molecule has 0 unspecified atom stereocenters. The molecule has 1 heterocycles. The molecule has 20 heavy (non-hydrogen) atoms. The van der Waals surface area contributed by atoms with Gasteiger partial charge in [0.15, 0.2) is 5.82 Å². The zero-order chi connectivity index (χ0) is 14.4. The number of aryl methyl sites for hydroxylation is 1. The van der Waals surface area contributed by atoms with Gasteiger partial charge in [-0.3, -0.25) is 0 Å². The van der Waals surface area contributed by atoms with E-state index in [1.165, 1.54) is 19.3 Å². The topological polar surface area (TPSA) is 47.0 Å². The molecule has 0 amide bonds. The lowest BCUT2D eigenvalue weighted by Gasteiger charge is -2.35. The van der Waals surface area contributed by atoms with Crippen LogP contribution in [0.5, 0.6) is 0 Å². The second-order valence-electron chi connectivity index (χ2n) is 5.44. The van der Waals surface area contributed by atoms with Crippen LogP contribution in [0.2, 0.25) is 0 Å². The van der Waals surface area contributed by atoms with Crippen LogP contribution >= 0.6 is 0 Å². The van der Waals surface area contributed by atoms with E-state index in [-0.39, 0.29) is 5.60 Å². The Morgan fingerprint density at radius 1 is 1.15 bits per heavy atom. The van der Waals surface area contributed by atoms with Crippen molar-refractivity contribution in [3.63, 3.8) is 0 Å². The normalized spacial score (nSPS) is 17.9. The molecule has 0 saturated heterocycles. The van der Waals surface area contributed by atoms with Crippen molar-refractivity contribution in [2.24, 2.45) is 0 Å². The van der Waals surface area contributed by atoms with Crippen molar-refractivity contribution in [3.05, 3.63) is 17.6 Å². The fraction of sp³-hybridized carbons (Fsp3) is 0.750. The number of aromatic nitrogens is 2. The predicted molar refractivity (Wildman–Crippen MR) is 82.0 cm³/mol. The molecule has 0 aliphatic heterocycles. The van der Waals surface area contributed by atoms with Crippen LogP contribution in [0.3, 0.4) is 0 Å². The van der Waals surface area contributed by atoms with Gasteiger partial charge in [0.25, 0.3) is 0 Å². The standard InChI is InChI=1S/C16H27N3O/c1-4-13-12-14(17-5-2)19-15(18-13)16(20-6-3)10-8-7-9-11-16/h12H,4-11H2,1-3H3,(H,17,18,19). The molecule has 0 bridgehead atoms. The molecule has 0 atom stereocenters. The van der Waals surface area contributed by atoms with Crippen molar-refractivity contribution >= 4 is 5.82 Å². The van der Waals surface area contributed by atoms with Crippen molar-refractivity contribution in [1.82, 2.24) is 9.97 Å². The van der Waals surface area contributed by atoms with E-state index in [1.807, 2.05) is 0 Å². The average molecular weight is 277 g/mol. The lowest BCUT2D eigenvalue weighted by Crippen LogP contribution is -2.35. The first-order chi connectivity index (χ1) is 9.74. The molecule has 0 radical (unpaired) electrons. The number of anilines is 1. The number of hydrogen-bond acceptors (Lipinski definition) is 4. The number of hydrogen-bond donors (Lipinski definition) is 1. The summed E-state index contributed by atoms with van der Waals surface area (Å²) in [5, 5.41) is 3.31. The van der Waals surface area contributed by atoms with E-state index in [4.69, 9.17) is 14.7 Å². The summed E-state index contributed by atoms with van der Waals surface area (Å²) >= 11 is 0. The zero-order valence-corrected chi connectivity index (χ0v) is 13.0. The molecule has 4 heteroatoms. The van der Waals surface area contributed by atoms with Gasteiger partial charge in [0.05, 0.1) is 0 Å². The smallest absolute Gasteiger partial charge is 0.162 e. The van der Waals surface area contributed by atoms with Gasteiger partial charge < -0.3 is 10.1 Å². The second-order valence-corrected chi connectivity index (χ2v) is 5.44. The maximum atomic E-state index is 6.14. The van der Waals surface area contributed by atoms with Crippen molar-refractivity contribution in [1.29, 1.82) is 0 Å². The Balaban J connectivity index is 2.38. The van der Waals surface area contributed by atoms with Gasteiger partial charge in [-0.25, -0.2) is 9.97 Å². The second kappa shape index (κ2) is 7.02. The van der Waals surface area contributed by atoms with Crippen molar-refractivity contribution in [3.8, 4) is 0 Å². The van der Waals surface area contributed by atoms with Gasteiger partial charge in [0, 0.05) is 24.9 Å². The van der Waals surface area contributed by atoms with E-state index in [0.29, 0.717) is 0 Å². The lowest BCUT2D eigenvalue weighted by molar-refractivity contribution is -0.0767. The molecule has 0 spiro atoms. The van der Waals surface area contributed by atoms with Gasteiger partial charge in [-0.15, -0.1) is 0 Å². The monoisotopic (exact) mass is 277 g/mol. The highest BCUT2D eigenvalue weighted by atomic mass is 16.5. The van der Waals surface area contributed by atoms with E-state index in [1.54, 1.807) is 0 Å². The maximum absolute atomic E-state index is 6.14. The minimum absolute atomic E-state index is 0.262. The molecule has 1 aliphatic carbocycles. The Bertz CT molecular complexity index is 422. The third kappa shape index (κ3) is 3.29. The SMILES string of the molecule is CCNc1cc(CC)nc(C2(OCC)CCCCC2)n1. The van der Waals surface area contributed by atoms with Gasteiger partial charge in [0.1, 0.15) is 11.4 Å². The summed E-state index contributed by atoms with van der Waals surface area (Å²) in [7, 11) is 0. The fourth-order valence-electron chi connectivity index (χ4n) is 2.99. The molecule has 1 aliphatic rings. The summed E-state index contributed by atoms with van der Waals surface area (Å²) < 4.78 is 6.14. The average Bonchev–Trinajstić information content (AvgIpc) is 2.48. The van der Waals surface area contributed by atoms with Crippen LogP contribution < -0.4 is 5.32 Å². The Morgan fingerprint density at radius 3 is 2.50 bits per heavy atom. The van der Waals surface area contributed by atoms with Crippen LogP contribution in [0.25, 0.3) is 0 Å². The fourth-order valence-corrected chi connectivity index (χ4v) is 2.99. The van der Waals surface area contributed by atoms with Gasteiger partial charge >= 0.3 is 0 Å². The Kier molecular flexibility index (Phi) is 5.35. The number of ether oxygens (including phenoxy) is 1. The highest BCUT2D eigenvalue weighted by Crippen LogP contribution is 2.39. The first-order valence-electron chi connectivity index (χ1n) is 8.00. The van der Waals surface area contributed by atoms with Crippen molar-refractivity contribution in [2.45, 2.75) is 64.9 Å². The molecule has 4 nitrogen and oxygen atoms in total. The van der Waals surface area contributed by atoms with Gasteiger partial charge in [-0.1, -0.05) is 26.2 Å². The van der Waals surface area contributed by atoms with E-state index in [2.05, 4.69) is 32.2 Å². The third-order valence-corrected chi connectivity index (χ3v) is 3.99. The summed E-state index contributed by atoms with van der Waals surface area (Å²) in [4.78, 5) is 9.51. The summed E-state index contributed by atoms with van der Waals surface area (Å²) in [6, 6.07) is 2.05. The first kappa shape index (κ1) is 15.2. The summed E-state index contributed by atoms with van der Waals surface area (Å²) in [6.07, 6.45) is 6.71. The lowest BCUT2D eigenvalue weighted by atomic mass is 9.83. The molecule has 1 aromatic rings. The largest absolute Gasteiger partial charge is 0.370 e. The molecule has 1 saturated carbocycles. The van der Waals surface area contributed by atoms with Crippen LogP contribution in [0.1, 0.15) is 64.4 Å². The van der Waals surface area contributed by atoms with E-state index < -0.39 is 0 Å².